The summed E-state index contributed by atoms with van der Waals surface area (Å²) in [5, 5.41) is 3.21. The molecule has 0 fully saturated rings. The highest BCUT2D eigenvalue weighted by atomic mass is 19.1. The summed E-state index contributed by atoms with van der Waals surface area (Å²) in [5.41, 5.74) is 1.69. The van der Waals surface area contributed by atoms with Crippen LogP contribution in [0, 0.1) is 12.7 Å². The molecule has 0 aliphatic heterocycles. The predicted octanol–water partition coefficient (Wildman–Crippen LogP) is 4.43. The Bertz CT molecular complexity index is 569. The van der Waals surface area contributed by atoms with E-state index >= 15 is 0 Å². The molecular weight excluding hydrogens is 253 g/mol. The summed E-state index contributed by atoms with van der Waals surface area (Å²) < 4.78 is 19.8. The smallest absolute Gasteiger partial charge is 0.134 e. The summed E-state index contributed by atoms with van der Waals surface area (Å²) in [6, 6.07) is 12.7. The molecule has 2 rings (SSSR count). The van der Waals surface area contributed by atoms with Crippen LogP contribution in [0.5, 0.6) is 11.5 Å². The van der Waals surface area contributed by atoms with Crippen molar-refractivity contribution < 1.29 is 9.13 Å². The van der Waals surface area contributed by atoms with Gasteiger partial charge in [0.2, 0.25) is 0 Å². The van der Waals surface area contributed by atoms with E-state index in [2.05, 4.69) is 12.2 Å². The van der Waals surface area contributed by atoms with Gasteiger partial charge in [0.05, 0.1) is 0 Å². The minimum absolute atomic E-state index is 0.237. The van der Waals surface area contributed by atoms with Crippen molar-refractivity contribution in [3.05, 3.63) is 59.4 Å². The number of aryl methyl sites for hydroxylation is 1. The Morgan fingerprint density at radius 2 is 1.95 bits per heavy atom. The van der Waals surface area contributed by atoms with Gasteiger partial charge in [-0.15, -0.1) is 0 Å². The molecule has 2 aromatic rings. The molecule has 0 amide bonds. The molecule has 0 spiro atoms. The van der Waals surface area contributed by atoms with Gasteiger partial charge >= 0.3 is 0 Å². The Kier molecular flexibility index (Phi) is 5.13. The summed E-state index contributed by atoms with van der Waals surface area (Å²) in [7, 11) is 0. The van der Waals surface area contributed by atoms with Crippen molar-refractivity contribution >= 4 is 0 Å². The first-order valence-corrected chi connectivity index (χ1v) is 6.93. The van der Waals surface area contributed by atoms with Gasteiger partial charge in [0.25, 0.3) is 0 Å². The van der Waals surface area contributed by atoms with Gasteiger partial charge in [-0.3, -0.25) is 0 Å². The number of rotatable bonds is 6. The second kappa shape index (κ2) is 7.06. The first-order valence-electron chi connectivity index (χ1n) is 6.93. The second-order valence-electron chi connectivity index (χ2n) is 4.81. The van der Waals surface area contributed by atoms with Crippen LogP contribution < -0.4 is 10.1 Å². The zero-order valence-corrected chi connectivity index (χ0v) is 11.9. The summed E-state index contributed by atoms with van der Waals surface area (Å²) >= 11 is 0. The van der Waals surface area contributed by atoms with Crippen molar-refractivity contribution in [2.45, 2.75) is 26.8 Å². The van der Waals surface area contributed by atoms with Crippen LogP contribution in [0.1, 0.15) is 24.5 Å². The standard InChI is InChI=1S/C17H20FNO/c1-3-10-19-12-15-16(18)8-5-9-17(15)20-14-7-4-6-13(2)11-14/h4-9,11,19H,3,10,12H2,1-2H3. The van der Waals surface area contributed by atoms with Gasteiger partial charge in [0.15, 0.2) is 0 Å². The first-order chi connectivity index (χ1) is 9.70. The Labute approximate surface area is 119 Å². The van der Waals surface area contributed by atoms with Crippen molar-refractivity contribution in [1.29, 1.82) is 0 Å². The van der Waals surface area contributed by atoms with E-state index in [1.54, 1.807) is 12.1 Å². The Morgan fingerprint density at radius 1 is 1.15 bits per heavy atom. The molecule has 1 N–H and O–H groups in total. The van der Waals surface area contributed by atoms with E-state index in [-0.39, 0.29) is 5.82 Å². The van der Waals surface area contributed by atoms with Gasteiger partial charge in [-0.25, -0.2) is 4.39 Å². The third kappa shape index (κ3) is 3.81. The van der Waals surface area contributed by atoms with E-state index in [1.807, 2.05) is 31.2 Å². The highest BCUT2D eigenvalue weighted by Gasteiger charge is 2.10. The zero-order valence-electron chi connectivity index (χ0n) is 11.9. The Morgan fingerprint density at radius 3 is 2.70 bits per heavy atom. The number of ether oxygens (including phenoxy) is 1. The molecule has 106 valence electrons. The van der Waals surface area contributed by atoms with Gasteiger partial charge in [0, 0.05) is 12.1 Å². The summed E-state index contributed by atoms with van der Waals surface area (Å²) in [5.74, 6) is 1.06. The largest absolute Gasteiger partial charge is 0.457 e. The predicted molar refractivity (Wildman–Crippen MR) is 79.7 cm³/mol. The average molecular weight is 273 g/mol. The summed E-state index contributed by atoms with van der Waals surface area (Å²) in [6.45, 7) is 5.42. The lowest BCUT2D eigenvalue weighted by Crippen LogP contribution is -2.15. The molecule has 0 aliphatic rings. The molecule has 0 radical (unpaired) electrons. The van der Waals surface area contributed by atoms with Gasteiger partial charge in [0.1, 0.15) is 17.3 Å². The van der Waals surface area contributed by atoms with Crippen molar-refractivity contribution in [2.24, 2.45) is 0 Å². The van der Waals surface area contributed by atoms with E-state index in [1.165, 1.54) is 6.07 Å². The van der Waals surface area contributed by atoms with E-state index in [9.17, 15) is 4.39 Å². The fourth-order valence-corrected chi connectivity index (χ4v) is 2.00. The van der Waals surface area contributed by atoms with Crippen LogP contribution in [0.15, 0.2) is 42.5 Å². The van der Waals surface area contributed by atoms with Crippen molar-refractivity contribution in [1.82, 2.24) is 5.32 Å². The fraction of sp³-hybridized carbons (Fsp3) is 0.294. The molecule has 0 atom stereocenters. The monoisotopic (exact) mass is 273 g/mol. The highest BCUT2D eigenvalue weighted by Crippen LogP contribution is 2.27. The quantitative estimate of drug-likeness (QED) is 0.786. The zero-order chi connectivity index (χ0) is 14.4. The van der Waals surface area contributed by atoms with Crippen LogP contribution in [0.4, 0.5) is 4.39 Å². The van der Waals surface area contributed by atoms with E-state index < -0.39 is 0 Å². The Hall–Kier alpha value is -1.87. The maximum atomic E-state index is 13.9. The number of hydrogen-bond donors (Lipinski definition) is 1. The molecule has 0 unspecified atom stereocenters. The molecule has 0 saturated heterocycles. The van der Waals surface area contributed by atoms with Crippen LogP contribution in [0.3, 0.4) is 0 Å². The number of nitrogens with one attached hydrogen (secondary N) is 1. The van der Waals surface area contributed by atoms with Gasteiger partial charge in [-0.05, 0) is 49.7 Å². The van der Waals surface area contributed by atoms with Gasteiger partial charge < -0.3 is 10.1 Å². The van der Waals surface area contributed by atoms with Crippen LogP contribution in [-0.2, 0) is 6.54 Å². The summed E-state index contributed by atoms with van der Waals surface area (Å²) in [6.07, 6.45) is 1.02. The number of halogens is 1. The van der Waals surface area contributed by atoms with E-state index in [0.29, 0.717) is 17.9 Å². The maximum absolute atomic E-state index is 13.9. The van der Waals surface area contributed by atoms with E-state index in [0.717, 1.165) is 24.3 Å². The molecule has 0 saturated carbocycles. The molecule has 20 heavy (non-hydrogen) atoms. The van der Waals surface area contributed by atoms with Gasteiger partial charge in [-0.1, -0.05) is 25.1 Å². The molecular formula is C17H20FNO. The minimum Gasteiger partial charge on any atom is -0.457 e. The molecule has 2 nitrogen and oxygen atoms in total. The minimum atomic E-state index is -0.237. The van der Waals surface area contributed by atoms with Crippen LogP contribution in [0.2, 0.25) is 0 Å². The molecule has 0 aromatic heterocycles. The third-order valence-corrected chi connectivity index (χ3v) is 3.02. The fourth-order valence-electron chi connectivity index (χ4n) is 2.00. The second-order valence-corrected chi connectivity index (χ2v) is 4.81. The molecule has 0 aliphatic carbocycles. The van der Waals surface area contributed by atoms with Crippen molar-refractivity contribution in [3.63, 3.8) is 0 Å². The van der Waals surface area contributed by atoms with Gasteiger partial charge in [-0.2, -0.15) is 0 Å². The molecule has 0 heterocycles. The third-order valence-electron chi connectivity index (χ3n) is 3.02. The van der Waals surface area contributed by atoms with Crippen LogP contribution >= 0.6 is 0 Å². The first kappa shape index (κ1) is 14.5. The molecule has 3 heteroatoms. The van der Waals surface area contributed by atoms with Crippen molar-refractivity contribution in [3.8, 4) is 11.5 Å². The molecule has 0 bridgehead atoms. The lowest BCUT2D eigenvalue weighted by atomic mass is 10.1. The van der Waals surface area contributed by atoms with Crippen LogP contribution in [0.25, 0.3) is 0 Å². The average Bonchev–Trinajstić information content (AvgIpc) is 2.42. The lowest BCUT2D eigenvalue weighted by Gasteiger charge is -2.13. The molecule has 2 aromatic carbocycles. The normalized spacial score (nSPS) is 10.6. The number of hydrogen-bond acceptors (Lipinski definition) is 2. The van der Waals surface area contributed by atoms with E-state index in [4.69, 9.17) is 4.74 Å². The topological polar surface area (TPSA) is 21.3 Å². The van der Waals surface area contributed by atoms with Crippen LogP contribution in [-0.4, -0.2) is 6.54 Å². The number of benzene rings is 2. The Balaban J connectivity index is 2.20. The SMILES string of the molecule is CCCNCc1c(F)cccc1Oc1cccc(C)c1. The van der Waals surface area contributed by atoms with Crippen molar-refractivity contribution in [2.75, 3.05) is 6.54 Å². The summed E-state index contributed by atoms with van der Waals surface area (Å²) in [4.78, 5) is 0. The lowest BCUT2D eigenvalue weighted by molar-refractivity contribution is 0.461. The highest BCUT2D eigenvalue weighted by molar-refractivity contribution is 5.39. The maximum Gasteiger partial charge on any atom is 0.134 e.